The number of nitrogens with zero attached hydrogens (tertiary/aromatic N) is 3. The molecule has 0 spiro atoms. The fraction of sp³-hybridized carbons (Fsp3) is 0.350. The van der Waals surface area contributed by atoms with Gasteiger partial charge in [0.05, 0.1) is 12.2 Å². The Kier molecular flexibility index (Phi) is 4.40. The molecule has 2 aromatic rings. The number of hydrogen-bond acceptors (Lipinski definition) is 4. The van der Waals surface area contributed by atoms with Gasteiger partial charge < -0.3 is 10.6 Å². The van der Waals surface area contributed by atoms with Crippen molar-refractivity contribution in [2.45, 2.75) is 31.8 Å². The molecule has 2 aromatic carbocycles. The molecule has 130 valence electrons. The first kappa shape index (κ1) is 16.1. The number of benzene rings is 2. The molecule has 1 atom stereocenters. The van der Waals surface area contributed by atoms with E-state index >= 15 is 0 Å². The summed E-state index contributed by atoms with van der Waals surface area (Å²) < 4.78 is 13.3. The molecule has 2 N–H and O–H groups in total. The summed E-state index contributed by atoms with van der Waals surface area (Å²) in [6, 6.07) is 15.1. The Morgan fingerprint density at radius 3 is 2.68 bits per heavy atom. The molecule has 0 amide bonds. The third kappa shape index (κ3) is 3.37. The summed E-state index contributed by atoms with van der Waals surface area (Å²) in [6.07, 6.45) is 3.35. The molecule has 0 radical (unpaired) electrons. The van der Waals surface area contributed by atoms with Crippen LogP contribution in [0.3, 0.4) is 0 Å². The van der Waals surface area contributed by atoms with Crippen molar-refractivity contribution >= 4 is 11.5 Å². The Morgan fingerprint density at radius 2 is 1.84 bits per heavy atom. The van der Waals surface area contributed by atoms with Crippen molar-refractivity contribution in [1.82, 2.24) is 4.90 Å². The van der Waals surface area contributed by atoms with Crippen molar-refractivity contribution in [3.63, 3.8) is 0 Å². The molecule has 25 heavy (non-hydrogen) atoms. The first-order valence-electron chi connectivity index (χ1n) is 8.91. The van der Waals surface area contributed by atoms with Crippen LogP contribution >= 0.6 is 0 Å². The molecule has 0 unspecified atom stereocenters. The van der Waals surface area contributed by atoms with Gasteiger partial charge in [-0.05, 0) is 42.7 Å². The molecule has 0 aromatic heterocycles. The lowest BCUT2D eigenvalue weighted by Crippen LogP contribution is -2.43. The van der Waals surface area contributed by atoms with Crippen LogP contribution < -0.4 is 10.7 Å². The van der Waals surface area contributed by atoms with Crippen molar-refractivity contribution in [2.75, 3.05) is 18.1 Å². The van der Waals surface area contributed by atoms with Gasteiger partial charge in [0.2, 0.25) is 0 Å². The Morgan fingerprint density at radius 1 is 1.04 bits per heavy atom. The van der Waals surface area contributed by atoms with E-state index in [9.17, 15) is 4.39 Å². The van der Waals surface area contributed by atoms with Crippen molar-refractivity contribution in [3.05, 3.63) is 65.5 Å². The zero-order valence-electron chi connectivity index (χ0n) is 14.2. The smallest absolute Gasteiger partial charge is 0.156 e. The number of nitrogens with two attached hydrogens (primary N) is 1. The highest BCUT2D eigenvalue weighted by Gasteiger charge is 2.26. The lowest BCUT2D eigenvalue weighted by molar-refractivity contribution is 0.408. The summed E-state index contributed by atoms with van der Waals surface area (Å²) in [5, 5.41) is 6.87. The summed E-state index contributed by atoms with van der Waals surface area (Å²) >= 11 is 0. The minimum absolute atomic E-state index is 0.179. The molecule has 2 aliphatic heterocycles. The normalized spacial score (nSPS) is 20.7. The Labute approximate surface area is 147 Å². The van der Waals surface area contributed by atoms with Crippen molar-refractivity contribution in [3.8, 4) is 0 Å². The fourth-order valence-corrected chi connectivity index (χ4v) is 3.60. The Hall–Kier alpha value is -2.40. The topological polar surface area (TPSA) is 44.9 Å². The maximum Gasteiger partial charge on any atom is 0.156 e. The predicted molar refractivity (Wildman–Crippen MR) is 99.0 cm³/mol. The van der Waals surface area contributed by atoms with Crippen LogP contribution in [0.15, 0.2) is 53.6 Å². The number of rotatable bonds is 1. The van der Waals surface area contributed by atoms with E-state index in [1.807, 2.05) is 5.01 Å². The highest BCUT2D eigenvalue weighted by atomic mass is 19.1. The van der Waals surface area contributed by atoms with E-state index in [2.05, 4.69) is 29.2 Å². The molecule has 4 rings (SSSR count). The monoisotopic (exact) mass is 338 g/mol. The second-order valence-corrected chi connectivity index (χ2v) is 6.82. The van der Waals surface area contributed by atoms with Gasteiger partial charge in [-0.25, -0.2) is 4.39 Å². The maximum atomic E-state index is 13.3. The van der Waals surface area contributed by atoms with Crippen LogP contribution in [0.1, 0.15) is 30.4 Å². The lowest BCUT2D eigenvalue weighted by Gasteiger charge is -2.33. The summed E-state index contributed by atoms with van der Waals surface area (Å²) in [5.41, 5.74) is 9.57. The molecule has 4 nitrogen and oxygen atoms in total. The van der Waals surface area contributed by atoms with Gasteiger partial charge in [-0.15, -0.1) is 0 Å². The van der Waals surface area contributed by atoms with Gasteiger partial charge in [0, 0.05) is 24.7 Å². The van der Waals surface area contributed by atoms with Gasteiger partial charge >= 0.3 is 0 Å². The van der Waals surface area contributed by atoms with Gasteiger partial charge in [-0.2, -0.15) is 5.10 Å². The number of hydrogen-bond donors (Lipinski definition) is 1. The Bertz CT molecular complexity index is 772. The van der Waals surface area contributed by atoms with E-state index in [0.29, 0.717) is 6.54 Å². The van der Waals surface area contributed by atoms with Gasteiger partial charge in [0.25, 0.3) is 0 Å². The van der Waals surface area contributed by atoms with Crippen LogP contribution in [0.25, 0.3) is 0 Å². The van der Waals surface area contributed by atoms with Crippen molar-refractivity contribution in [2.24, 2.45) is 10.8 Å². The number of amidine groups is 1. The highest BCUT2D eigenvalue weighted by molar-refractivity contribution is 6.01. The van der Waals surface area contributed by atoms with E-state index in [4.69, 9.17) is 10.8 Å². The summed E-state index contributed by atoms with van der Waals surface area (Å²) in [7, 11) is 0. The summed E-state index contributed by atoms with van der Waals surface area (Å²) in [4.78, 5) is 2.31. The summed E-state index contributed by atoms with van der Waals surface area (Å²) in [6.45, 7) is 2.48. The maximum absolute atomic E-state index is 13.3. The number of hydrazone groups is 1. The molecule has 0 aliphatic carbocycles. The summed E-state index contributed by atoms with van der Waals surface area (Å²) in [5.74, 6) is 0.743. The van der Waals surface area contributed by atoms with E-state index in [1.165, 1.54) is 23.3 Å². The Balaban J connectivity index is 1.73. The SMILES string of the molecule is N[C@H]1CCCCN(C2=NN(c3ccc(F)cc3)Cc3ccccc32)C1. The fourth-order valence-electron chi connectivity index (χ4n) is 3.60. The van der Waals surface area contributed by atoms with Crippen molar-refractivity contribution < 1.29 is 4.39 Å². The zero-order chi connectivity index (χ0) is 17.2. The van der Waals surface area contributed by atoms with Crippen LogP contribution in [0.5, 0.6) is 0 Å². The average molecular weight is 338 g/mol. The quantitative estimate of drug-likeness (QED) is 0.867. The zero-order valence-corrected chi connectivity index (χ0v) is 14.2. The number of likely N-dealkylation sites (tertiary alicyclic amines) is 1. The van der Waals surface area contributed by atoms with E-state index in [1.54, 1.807) is 12.1 Å². The van der Waals surface area contributed by atoms with E-state index < -0.39 is 0 Å². The molecule has 2 heterocycles. The van der Waals surface area contributed by atoms with Gasteiger partial charge in [0.15, 0.2) is 5.84 Å². The number of anilines is 1. The number of fused-ring (bicyclic) bond motifs is 1. The van der Waals surface area contributed by atoms with Gasteiger partial charge in [0.1, 0.15) is 5.82 Å². The molecule has 1 saturated heterocycles. The van der Waals surface area contributed by atoms with Gasteiger partial charge in [-0.3, -0.25) is 5.01 Å². The second-order valence-electron chi connectivity index (χ2n) is 6.82. The standard InChI is InChI=1S/C20H23FN4/c21-16-8-10-18(11-9-16)25-13-15-5-1-2-7-19(15)20(23-25)24-12-4-3-6-17(22)14-24/h1-2,5,7-11,17H,3-4,6,12-14,22H2/t17-/m0/s1. The van der Waals surface area contributed by atoms with Crippen LogP contribution in [0.2, 0.25) is 0 Å². The predicted octanol–water partition coefficient (Wildman–Crippen LogP) is 3.32. The van der Waals surface area contributed by atoms with E-state index in [-0.39, 0.29) is 11.9 Å². The third-order valence-electron chi connectivity index (χ3n) is 4.93. The minimum Gasteiger partial charge on any atom is -0.353 e. The lowest BCUT2D eigenvalue weighted by atomic mass is 10.0. The molecular weight excluding hydrogens is 315 g/mol. The van der Waals surface area contributed by atoms with Crippen molar-refractivity contribution in [1.29, 1.82) is 0 Å². The largest absolute Gasteiger partial charge is 0.353 e. The van der Waals surface area contributed by atoms with Crippen LogP contribution in [0.4, 0.5) is 10.1 Å². The molecule has 5 heteroatoms. The third-order valence-corrected chi connectivity index (χ3v) is 4.93. The minimum atomic E-state index is -0.233. The molecule has 1 fully saturated rings. The second kappa shape index (κ2) is 6.84. The molecule has 0 saturated carbocycles. The highest BCUT2D eigenvalue weighted by Crippen LogP contribution is 2.27. The van der Waals surface area contributed by atoms with Crippen LogP contribution in [0, 0.1) is 5.82 Å². The molecular formula is C20H23FN4. The van der Waals surface area contributed by atoms with Crippen LogP contribution in [-0.2, 0) is 6.54 Å². The molecule has 2 aliphatic rings. The first-order valence-corrected chi connectivity index (χ1v) is 8.91. The number of halogens is 1. The van der Waals surface area contributed by atoms with Crippen LogP contribution in [-0.4, -0.2) is 29.9 Å². The van der Waals surface area contributed by atoms with E-state index in [0.717, 1.165) is 43.9 Å². The average Bonchev–Trinajstić information content (AvgIpc) is 2.86. The molecule has 0 bridgehead atoms. The first-order chi connectivity index (χ1) is 12.2. The van der Waals surface area contributed by atoms with Gasteiger partial charge in [-0.1, -0.05) is 30.7 Å².